The fraction of sp³-hybridized carbons (Fsp3) is 0.471. The number of H-pyrrole nitrogens is 1. The molecule has 0 bridgehead atoms. The van der Waals surface area contributed by atoms with Crippen molar-refractivity contribution in [2.24, 2.45) is 0 Å². The summed E-state index contributed by atoms with van der Waals surface area (Å²) in [6.07, 6.45) is 4.17. The van der Waals surface area contributed by atoms with E-state index in [9.17, 15) is 5.11 Å². The Morgan fingerprint density at radius 2 is 2.19 bits per heavy atom. The van der Waals surface area contributed by atoms with E-state index < -0.39 is 0 Å². The number of rotatable bonds is 4. The van der Waals surface area contributed by atoms with E-state index in [-0.39, 0.29) is 6.61 Å². The summed E-state index contributed by atoms with van der Waals surface area (Å²) in [5, 5.41) is 16.8. The van der Waals surface area contributed by atoms with Crippen molar-refractivity contribution in [3.63, 3.8) is 0 Å². The molecule has 4 nitrogen and oxygen atoms in total. The largest absolute Gasteiger partial charge is 0.395 e. The third-order valence-electron chi connectivity index (χ3n) is 4.60. The highest BCUT2D eigenvalue weighted by atomic mass is 16.3. The molecule has 2 aromatic rings. The number of aliphatic hydroxyl groups is 1. The molecule has 1 fully saturated rings. The molecule has 0 saturated carbocycles. The van der Waals surface area contributed by atoms with Gasteiger partial charge in [-0.2, -0.15) is 5.10 Å². The van der Waals surface area contributed by atoms with E-state index in [4.69, 9.17) is 0 Å². The SMILES string of the molecule is Cc1ccc(-c2[nH]ncc2CN2CCC[C@H]2CO)cc1C. The van der Waals surface area contributed by atoms with Gasteiger partial charge in [-0.3, -0.25) is 10.00 Å². The van der Waals surface area contributed by atoms with Gasteiger partial charge in [0.2, 0.25) is 0 Å². The topological polar surface area (TPSA) is 52.2 Å². The minimum atomic E-state index is 0.247. The monoisotopic (exact) mass is 285 g/mol. The van der Waals surface area contributed by atoms with Crippen molar-refractivity contribution < 1.29 is 5.11 Å². The highest BCUT2D eigenvalue weighted by Crippen LogP contribution is 2.27. The number of hydrogen-bond donors (Lipinski definition) is 2. The van der Waals surface area contributed by atoms with Gasteiger partial charge >= 0.3 is 0 Å². The maximum absolute atomic E-state index is 9.45. The smallest absolute Gasteiger partial charge is 0.0695 e. The molecule has 3 rings (SSSR count). The number of nitrogens with one attached hydrogen (secondary N) is 1. The molecular formula is C17H23N3O. The minimum Gasteiger partial charge on any atom is -0.395 e. The van der Waals surface area contributed by atoms with Gasteiger partial charge in [-0.05, 0) is 50.4 Å². The summed E-state index contributed by atoms with van der Waals surface area (Å²) in [4.78, 5) is 2.36. The Labute approximate surface area is 125 Å². The van der Waals surface area contributed by atoms with Crippen LogP contribution in [0.15, 0.2) is 24.4 Å². The number of hydrogen-bond acceptors (Lipinski definition) is 3. The molecule has 2 N–H and O–H groups in total. The van der Waals surface area contributed by atoms with Gasteiger partial charge in [0.15, 0.2) is 0 Å². The maximum Gasteiger partial charge on any atom is 0.0695 e. The third kappa shape index (κ3) is 2.87. The number of aliphatic hydroxyl groups excluding tert-OH is 1. The van der Waals surface area contributed by atoms with E-state index >= 15 is 0 Å². The summed E-state index contributed by atoms with van der Waals surface area (Å²) < 4.78 is 0. The van der Waals surface area contributed by atoms with E-state index in [0.29, 0.717) is 6.04 Å². The van der Waals surface area contributed by atoms with E-state index in [2.05, 4.69) is 47.1 Å². The van der Waals surface area contributed by atoms with Crippen LogP contribution in [-0.4, -0.2) is 39.4 Å². The highest BCUT2D eigenvalue weighted by molar-refractivity contribution is 5.64. The van der Waals surface area contributed by atoms with Gasteiger partial charge < -0.3 is 5.11 Å². The van der Waals surface area contributed by atoms with Crippen LogP contribution in [0.1, 0.15) is 29.5 Å². The van der Waals surface area contributed by atoms with Crippen LogP contribution in [0, 0.1) is 13.8 Å². The lowest BCUT2D eigenvalue weighted by atomic mass is 10.0. The van der Waals surface area contributed by atoms with Gasteiger partial charge in [0.1, 0.15) is 0 Å². The zero-order valence-corrected chi connectivity index (χ0v) is 12.8. The number of aryl methyl sites for hydroxylation is 2. The Morgan fingerprint density at radius 3 is 2.95 bits per heavy atom. The molecule has 21 heavy (non-hydrogen) atoms. The highest BCUT2D eigenvalue weighted by Gasteiger charge is 2.24. The lowest BCUT2D eigenvalue weighted by molar-refractivity contribution is 0.154. The predicted octanol–water partition coefficient (Wildman–Crippen LogP) is 2.65. The summed E-state index contributed by atoms with van der Waals surface area (Å²) in [7, 11) is 0. The second-order valence-corrected chi connectivity index (χ2v) is 6.02. The summed E-state index contributed by atoms with van der Waals surface area (Å²) >= 11 is 0. The van der Waals surface area contributed by atoms with Crippen LogP contribution in [-0.2, 0) is 6.54 Å². The van der Waals surface area contributed by atoms with Crippen molar-refractivity contribution in [3.05, 3.63) is 41.1 Å². The van der Waals surface area contributed by atoms with Crippen LogP contribution < -0.4 is 0 Å². The van der Waals surface area contributed by atoms with E-state index in [1.165, 1.54) is 28.7 Å². The third-order valence-corrected chi connectivity index (χ3v) is 4.60. The van der Waals surface area contributed by atoms with Crippen molar-refractivity contribution in [3.8, 4) is 11.3 Å². The van der Waals surface area contributed by atoms with Gasteiger partial charge in [-0.1, -0.05) is 12.1 Å². The number of aromatic nitrogens is 2. The number of aromatic amines is 1. The van der Waals surface area contributed by atoms with Gasteiger partial charge in [0.05, 0.1) is 18.5 Å². The van der Waals surface area contributed by atoms with E-state index in [0.717, 1.165) is 25.2 Å². The fourth-order valence-electron chi connectivity index (χ4n) is 3.11. The molecule has 2 heterocycles. The lowest BCUT2D eigenvalue weighted by Crippen LogP contribution is -2.31. The zero-order chi connectivity index (χ0) is 14.8. The average molecular weight is 285 g/mol. The molecular weight excluding hydrogens is 262 g/mol. The molecule has 0 unspecified atom stereocenters. The van der Waals surface area contributed by atoms with E-state index in [1.807, 2.05) is 6.20 Å². The van der Waals surface area contributed by atoms with Crippen LogP contribution in [0.2, 0.25) is 0 Å². The number of benzene rings is 1. The molecule has 0 spiro atoms. The summed E-state index contributed by atoms with van der Waals surface area (Å²) in [6.45, 7) is 6.42. The Kier molecular flexibility index (Phi) is 4.08. The zero-order valence-electron chi connectivity index (χ0n) is 12.8. The van der Waals surface area contributed by atoms with Crippen LogP contribution in [0.3, 0.4) is 0 Å². The van der Waals surface area contributed by atoms with Gasteiger partial charge in [0.25, 0.3) is 0 Å². The Bertz CT molecular complexity index is 620. The molecule has 112 valence electrons. The van der Waals surface area contributed by atoms with Gasteiger partial charge in [-0.15, -0.1) is 0 Å². The van der Waals surface area contributed by atoms with Crippen LogP contribution in [0.5, 0.6) is 0 Å². The predicted molar refractivity (Wildman–Crippen MR) is 84.0 cm³/mol. The van der Waals surface area contributed by atoms with Crippen LogP contribution in [0.25, 0.3) is 11.3 Å². The van der Waals surface area contributed by atoms with Crippen LogP contribution in [0.4, 0.5) is 0 Å². The summed E-state index contributed by atoms with van der Waals surface area (Å²) in [6, 6.07) is 6.81. The summed E-state index contributed by atoms with van der Waals surface area (Å²) in [5.41, 5.74) is 6.09. The molecule has 0 aliphatic carbocycles. The molecule has 1 aromatic carbocycles. The standard InChI is InChI=1S/C17H23N3O/c1-12-5-6-14(8-13(12)2)17-15(9-18-19-17)10-20-7-3-4-16(20)11-21/h5-6,8-9,16,21H,3-4,7,10-11H2,1-2H3,(H,18,19)/t16-/m0/s1. The first-order chi connectivity index (χ1) is 10.2. The molecule has 1 aliphatic heterocycles. The normalized spacial score (nSPS) is 19.3. The molecule has 1 atom stereocenters. The number of likely N-dealkylation sites (tertiary alicyclic amines) is 1. The van der Waals surface area contributed by atoms with Crippen molar-refractivity contribution in [2.45, 2.75) is 39.3 Å². The molecule has 4 heteroatoms. The van der Waals surface area contributed by atoms with Crippen molar-refractivity contribution in [1.29, 1.82) is 0 Å². The fourth-order valence-corrected chi connectivity index (χ4v) is 3.11. The molecule has 1 aromatic heterocycles. The minimum absolute atomic E-state index is 0.247. The van der Waals surface area contributed by atoms with Crippen molar-refractivity contribution in [1.82, 2.24) is 15.1 Å². The van der Waals surface area contributed by atoms with Crippen molar-refractivity contribution >= 4 is 0 Å². The van der Waals surface area contributed by atoms with Gasteiger partial charge in [-0.25, -0.2) is 0 Å². The summed E-state index contributed by atoms with van der Waals surface area (Å²) in [5.74, 6) is 0. The average Bonchev–Trinajstić information content (AvgIpc) is 3.11. The Balaban J connectivity index is 1.85. The maximum atomic E-state index is 9.45. The quantitative estimate of drug-likeness (QED) is 0.908. The van der Waals surface area contributed by atoms with Crippen molar-refractivity contribution in [2.75, 3.05) is 13.2 Å². The Morgan fingerprint density at radius 1 is 1.33 bits per heavy atom. The first kappa shape index (κ1) is 14.3. The molecule has 1 aliphatic rings. The molecule has 1 saturated heterocycles. The molecule has 0 amide bonds. The Hall–Kier alpha value is -1.65. The first-order valence-electron chi connectivity index (χ1n) is 7.64. The lowest BCUT2D eigenvalue weighted by Gasteiger charge is -2.22. The first-order valence-corrected chi connectivity index (χ1v) is 7.64. The second kappa shape index (κ2) is 6.00. The van der Waals surface area contributed by atoms with Crippen LogP contribution >= 0.6 is 0 Å². The van der Waals surface area contributed by atoms with E-state index in [1.54, 1.807) is 0 Å². The van der Waals surface area contributed by atoms with Gasteiger partial charge in [0, 0.05) is 23.7 Å². The second-order valence-electron chi connectivity index (χ2n) is 6.02. The number of nitrogens with zero attached hydrogens (tertiary/aromatic N) is 2. The molecule has 0 radical (unpaired) electrons.